The first-order valence-electron chi connectivity index (χ1n) is 6.91. The summed E-state index contributed by atoms with van der Waals surface area (Å²) in [4.78, 5) is 24.4. The van der Waals surface area contributed by atoms with Crippen molar-refractivity contribution < 1.29 is 9.59 Å². The molecule has 0 aliphatic heterocycles. The van der Waals surface area contributed by atoms with Gasteiger partial charge >= 0.3 is 0 Å². The van der Waals surface area contributed by atoms with Crippen LogP contribution in [0.4, 0.5) is 0 Å². The van der Waals surface area contributed by atoms with Crippen LogP contribution in [0.3, 0.4) is 0 Å². The number of Topliss-reactive ketones (excluding diaryl/α,β-unsaturated/α-hetero) is 2. The molecule has 0 atom stereocenters. The largest absolute Gasteiger partial charge is 0.299 e. The number of carbonyl (C=O) groups excluding carboxylic acids is 2. The van der Waals surface area contributed by atoms with Crippen LogP contribution < -0.4 is 0 Å². The average molecular weight is 335 g/mol. The Labute approximate surface area is 128 Å². The summed E-state index contributed by atoms with van der Waals surface area (Å²) in [6, 6.07) is 6.04. The van der Waals surface area contributed by atoms with E-state index in [0.717, 1.165) is 21.2 Å². The molecule has 0 heterocycles. The molecule has 1 fully saturated rings. The van der Waals surface area contributed by atoms with Crippen molar-refractivity contribution in [3.05, 3.63) is 40.4 Å². The lowest BCUT2D eigenvalue weighted by molar-refractivity contribution is -0.134. The lowest BCUT2D eigenvalue weighted by Gasteiger charge is -2.25. The molecule has 1 aromatic rings. The molecule has 20 heavy (non-hydrogen) atoms. The van der Waals surface area contributed by atoms with E-state index >= 15 is 0 Å². The second-order valence-electron chi connectivity index (χ2n) is 5.55. The second-order valence-corrected chi connectivity index (χ2v) is 6.40. The summed E-state index contributed by atoms with van der Waals surface area (Å²) in [5, 5.41) is 0. The Balaban J connectivity index is 2.33. The van der Waals surface area contributed by atoms with E-state index < -0.39 is 5.41 Å². The molecule has 1 aromatic carbocycles. The number of ketones is 2. The van der Waals surface area contributed by atoms with Crippen molar-refractivity contribution in [3.8, 4) is 0 Å². The van der Waals surface area contributed by atoms with E-state index in [1.165, 1.54) is 0 Å². The first-order chi connectivity index (χ1) is 9.40. The molecule has 106 valence electrons. The SMILES string of the molecule is C=C(CC1(CC)C(=O)CCC1=O)c1cc(C)ccc1Br. The summed E-state index contributed by atoms with van der Waals surface area (Å²) in [7, 11) is 0. The average Bonchev–Trinajstić information content (AvgIpc) is 2.70. The topological polar surface area (TPSA) is 34.1 Å². The molecule has 1 aliphatic rings. The van der Waals surface area contributed by atoms with Crippen LogP contribution in [0, 0.1) is 12.3 Å². The molecule has 0 aromatic heterocycles. The molecule has 1 aliphatic carbocycles. The lowest BCUT2D eigenvalue weighted by Crippen LogP contribution is -2.32. The van der Waals surface area contributed by atoms with E-state index in [1.807, 2.05) is 32.0 Å². The molecular weight excluding hydrogens is 316 g/mol. The van der Waals surface area contributed by atoms with Crippen LogP contribution in [0.1, 0.15) is 43.7 Å². The highest BCUT2D eigenvalue weighted by Gasteiger charge is 2.47. The van der Waals surface area contributed by atoms with Crippen LogP contribution in [0.5, 0.6) is 0 Å². The van der Waals surface area contributed by atoms with Gasteiger partial charge in [0.2, 0.25) is 0 Å². The molecule has 2 nitrogen and oxygen atoms in total. The van der Waals surface area contributed by atoms with Gasteiger partial charge in [-0.05, 0) is 37.0 Å². The molecule has 0 radical (unpaired) electrons. The minimum atomic E-state index is -0.833. The molecule has 1 saturated carbocycles. The Morgan fingerprint density at radius 1 is 1.30 bits per heavy atom. The summed E-state index contributed by atoms with van der Waals surface area (Å²) in [6.45, 7) is 8.05. The minimum Gasteiger partial charge on any atom is -0.299 e. The number of rotatable bonds is 4. The Bertz CT molecular complexity index is 571. The molecule has 0 amide bonds. The maximum Gasteiger partial charge on any atom is 0.147 e. The van der Waals surface area contributed by atoms with Crippen LogP contribution >= 0.6 is 15.9 Å². The zero-order valence-corrected chi connectivity index (χ0v) is 13.5. The molecule has 2 rings (SSSR count). The van der Waals surface area contributed by atoms with Crippen LogP contribution in [0.2, 0.25) is 0 Å². The Kier molecular flexibility index (Phi) is 4.28. The van der Waals surface area contributed by atoms with Gasteiger partial charge in [-0.1, -0.05) is 47.1 Å². The first-order valence-corrected chi connectivity index (χ1v) is 7.71. The maximum absolute atomic E-state index is 12.2. The number of aryl methyl sites for hydroxylation is 1. The van der Waals surface area contributed by atoms with Gasteiger partial charge in [0.15, 0.2) is 0 Å². The third kappa shape index (κ3) is 2.51. The minimum absolute atomic E-state index is 0.0786. The summed E-state index contributed by atoms with van der Waals surface area (Å²) >= 11 is 3.52. The van der Waals surface area contributed by atoms with Crippen molar-refractivity contribution in [2.24, 2.45) is 5.41 Å². The van der Waals surface area contributed by atoms with Crippen molar-refractivity contribution in [1.29, 1.82) is 0 Å². The molecule has 0 bridgehead atoms. The van der Waals surface area contributed by atoms with Gasteiger partial charge in [-0.15, -0.1) is 0 Å². The number of hydrogen-bond acceptors (Lipinski definition) is 2. The second kappa shape index (κ2) is 5.65. The standard InChI is InChI=1S/C17H19BrO2/c1-4-17(15(19)7-8-16(17)20)10-12(3)13-9-11(2)5-6-14(13)18/h5-6,9H,3-4,7-8,10H2,1-2H3. The van der Waals surface area contributed by atoms with Crippen LogP contribution in [0.25, 0.3) is 5.57 Å². The third-order valence-corrected chi connectivity index (χ3v) is 4.96. The summed E-state index contributed by atoms with van der Waals surface area (Å²) in [6.07, 6.45) is 1.76. The first kappa shape index (κ1) is 15.2. The van der Waals surface area contributed by atoms with Crippen molar-refractivity contribution in [3.63, 3.8) is 0 Å². The fourth-order valence-electron chi connectivity index (χ4n) is 2.95. The highest BCUT2D eigenvalue weighted by molar-refractivity contribution is 9.10. The molecule has 0 N–H and O–H groups in total. The van der Waals surface area contributed by atoms with E-state index in [4.69, 9.17) is 0 Å². The quantitative estimate of drug-likeness (QED) is 0.760. The van der Waals surface area contributed by atoms with Gasteiger partial charge < -0.3 is 0 Å². The van der Waals surface area contributed by atoms with Gasteiger partial charge in [-0.3, -0.25) is 9.59 Å². The zero-order valence-electron chi connectivity index (χ0n) is 12.0. The maximum atomic E-state index is 12.2. The van der Waals surface area contributed by atoms with Gasteiger partial charge in [-0.2, -0.15) is 0 Å². The smallest absolute Gasteiger partial charge is 0.147 e. The summed E-state index contributed by atoms with van der Waals surface area (Å²) < 4.78 is 0.956. The highest BCUT2D eigenvalue weighted by atomic mass is 79.9. The van der Waals surface area contributed by atoms with Crippen molar-refractivity contribution in [1.82, 2.24) is 0 Å². The normalized spacial score (nSPS) is 17.6. The lowest BCUT2D eigenvalue weighted by atomic mass is 9.75. The van der Waals surface area contributed by atoms with Gasteiger partial charge in [0, 0.05) is 17.3 Å². The third-order valence-electron chi connectivity index (χ3n) is 4.27. The van der Waals surface area contributed by atoms with Crippen LogP contribution in [-0.2, 0) is 9.59 Å². The fraction of sp³-hybridized carbons (Fsp3) is 0.412. The van der Waals surface area contributed by atoms with E-state index in [2.05, 4.69) is 22.5 Å². The zero-order chi connectivity index (χ0) is 14.9. The van der Waals surface area contributed by atoms with Gasteiger partial charge in [0.1, 0.15) is 11.6 Å². The molecular formula is C17H19BrO2. The van der Waals surface area contributed by atoms with E-state index in [9.17, 15) is 9.59 Å². The highest BCUT2D eigenvalue weighted by Crippen LogP contribution is 2.43. The molecule has 3 heteroatoms. The number of hydrogen-bond donors (Lipinski definition) is 0. The molecule has 0 saturated heterocycles. The Morgan fingerprint density at radius 3 is 2.45 bits per heavy atom. The van der Waals surface area contributed by atoms with Gasteiger partial charge in [-0.25, -0.2) is 0 Å². The van der Waals surface area contributed by atoms with E-state index in [-0.39, 0.29) is 11.6 Å². The van der Waals surface area contributed by atoms with Crippen molar-refractivity contribution in [2.75, 3.05) is 0 Å². The van der Waals surface area contributed by atoms with Crippen LogP contribution in [-0.4, -0.2) is 11.6 Å². The van der Waals surface area contributed by atoms with Gasteiger partial charge in [0.25, 0.3) is 0 Å². The van der Waals surface area contributed by atoms with Crippen LogP contribution in [0.15, 0.2) is 29.3 Å². The number of halogens is 1. The predicted molar refractivity (Wildman–Crippen MR) is 84.5 cm³/mol. The Hall–Kier alpha value is -1.22. The van der Waals surface area contributed by atoms with Gasteiger partial charge in [0.05, 0.1) is 5.41 Å². The van der Waals surface area contributed by atoms with E-state index in [1.54, 1.807) is 0 Å². The van der Waals surface area contributed by atoms with Crippen molar-refractivity contribution in [2.45, 2.75) is 39.5 Å². The number of carbonyl (C=O) groups is 2. The Morgan fingerprint density at radius 2 is 1.90 bits per heavy atom. The number of benzene rings is 1. The summed E-state index contributed by atoms with van der Waals surface area (Å²) in [5.41, 5.74) is 2.15. The monoisotopic (exact) mass is 334 g/mol. The molecule has 0 spiro atoms. The molecule has 0 unspecified atom stereocenters. The number of allylic oxidation sites excluding steroid dienone is 1. The predicted octanol–water partition coefficient (Wildman–Crippen LogP) is 4.49. The van der Waals surface area contributed by atoms with Crippen molar-refractivity contribution >= 4 is 33.1 Å². The fourth-order valence-corrected chi connectivity index (χ4v) is 3.47. The summed E-state index contributed by atoms with van der Waals surface area (Å²) in [5.74, 6) is 0.157. The van der Waals surface area contributed by atoms with E-state index in [0.29, 0.717) is 25.7 Å².